The van der Waals surface area contributed by atoms with Crippen molar-refractivity contribution in [2.45, 2.75) is 65.1 Å². The second kappa shape index (κ2) is 8.17. The first-order valence-corrected chi connectivity index (χ1v) is 9.99. The molecule has 29 heavy (non-hydrogen) atoms. The molecule has 0 saturated heterocycles. The molecule has 1 aromatic rings. The van der Waals surface area contributed by atoms with E-state index in [2.05, 4.69) is 17.2 Å². The van der Waals surface area contributed by atoms with Crippen LogP contribution < -0.4 is 5.32 Å². The summed E-state index contributed by atoms with van der Waals surface area (Å²) in [7, 11) is 0. The SMILES string of the molecule is CC1=C(C(F)(F)F)CC=CN=C1C(=O)NC(c1cccc(C)c1)C1(C)CCCC1. The lowest BCUT2D eigenvalue weighted by atomic mass is 9.77. The summed E-state index contributed by atoms with van der Waals surface area (Å²) in [5.41, 5.74) is 0.914. The summed E-state index contributed by atoms with van der Waals surface area (Å²) in [5.74, 6) is -0.560. The van der Waals surface area contributed by atoms with Crippen LogP contribution in [0.2, 0.25) is 0 Å². The Labute approximate surface area is 169 Å². The Bertz CT molecular complexity index is 874. The van der Waals surface area contributed by atoms with Gasteiger partial charge in [0.05, 0.1) is 6.04 Å². The number of aliphatic imine (C=N–C) groups is 1. The number of nitrogens with one attached hydrogen (secondary N) is 1. The number of amides is 1. The van der Waals surface area contributed by atoms with Gasteiger partial charge in [-0.2, -0.15) is 13.2 Å². The Kier molecular flexibility index (Phi) is 6.01. The van der Waals surface area contributed by atoms with E-state index in [9.17, 15) is 18.0 Å². The number of carbonyl (C=O) groups is 1. The number of rotatable bonds is 4. The lowest BCUT2D eigenvalue weighted by Gasteiger charge is -2.35. The molecule has 1 saturated carbocycles. The average molecular weight is 404 g/mol. The fourth-order valence-corrected chi connectivity index (χ4v) is 4.43. The largest absolute Gasteiger partial charge is 0.413 e. The molecule has 1 amide bonds. The van der Waals surface area contributed by atoms with E-state index in [0.29, 0.717) is 0 Å². The Balaban J connectivity index is 1.96. The first-order chi connectivity index (χ1) is 13.6. The van der Waals surface area contributed by atoms with E-state index in [1.807, 2.05) is 31.2 Å². The van der Waals surface area contributed by atoms with Crippen LogP contribution in [-0.4, -0.2) is 17.8 Å². The van der Waals surface area contributed by atoms with Crippen LogP contribution in [0.3, 0.4) is 0 Å². The molecule has 0 radical (unpaired) electrons. The number of alkyl halides is 3. The van der Waals surface area contributed by atoms with E-state index in [0.717, 1.165) is 36.8 Å². The van der Waals surface area contributed by atoms with Crippen molar-refractivity contribution in [3.05, 3.63) is 58.8 Å². The molecule has 0 aromatic heterocycles. The number of benzene rings is 1. The van der Waals surface area contributed by atoms with Gasteiger partial charge in [0.1, 0.15) is 5.71 Å². The van der Waals surface area contributed by atoms with Crippen LogP contribution in [0.25, 0.3) is 0 Å². The monoisotopic (exact) mass is 404 g/mol. The van der Waals surface area contributed by atoms with E-state index in [1.165, 1.54) is 19.2 Å². The van der Waals surface area contributed by atoms with Crippen LogP contribution in [0.1, 0.15) is 63.1 Å². The summed E-state index contributed by atoms with van der Waals surface area (Å²) < 4.78 is 40.2. The molecule has 1 heterocycles. The number of nitrogens with zero attached hydrogens (tertiary/aromatic N) is 1. The second-order valence-electron chi connectivity index (χ2n) is 8.35. The van der Waals surface area contributed by atoms with E-state index in [1.54, 1.807) is 0 Å². The quantitative estimate of drug-likeness (QED) is 0.660. The molecule has 3 rings (SSSR count). The molecular formula is C23H27F3N2O. The molecular weight excluding hydrogens is 377 g/mol. The lowest BCUT2D eigenvalue weighted by Crippen LogP contribution is -2.42. The van der Waals surface area contributed by atoms with Crippen molar-refractivity contribution < 1.29 is 18.0 Å². The Morgan fingerprint density at radius 2 is 1.90 bits per heavy atom. The van der Waals surface area contributed by atoms with E-state index in [-0.39, 0.29) is 29.2 Å². The van der Waals surface area contributed by atoms with Gasteiger partial charge in [-0.05, 0) is 49.7 Å². The molecule has 1 fully saturated rings. The average Bonchev–Trinajstić information content (AvgIpc) is 2.98. The molecule has 0 spiro atoms. The normalized spacial score (nSPS) is 20.3. The summed E-state index contributed by atoms with van der Waals surface area (Å²) in [5, 5.41) is 3.04. The fraction of sp³-hybridized carbons (Fsp3) is 0.478. The van der Waals surface area contributed by atoms with Gasteiger partial charge in [-0.1, -0.05) is 55.7 Å². The standard InChI is InChI=1S/C23H27F3N2O/c1-15-8-6-9-17(14-15)20(22(3)11-4-5-12-22)28-21(29)19-16(2)18(23(24,25)26)10-7-13-27-19/h6-9,13-14,20H,4-5,10-12H2,1-3H3,(H,28,29). The van der Waals surface area contributed by atoms with Crippen molar-refractivity contribution in [3.8, 4) is 0 Å². The van der Waals surface area contributed by atoms with E-state index >= 15 is 0 Å². The maximum absolute atomic E-state index is 13.4. The number of hydrogen-bond donors (Lipinski definition) is 1. The smallest absolute Gasteiger partial charge is 0.343 e. The molecule has 1 aliphatic carbocycles. The molecule has 1 N–H and O–H groups in total. The van der Waals surface area contributed by atoms with Gasteiger partial charge < -0.3 is 5.32 Å². The molecule has 6 heteroatoms. The summed E-state index contributed by atoms with van der Waals surface area (Å²) >= 11 is 0. The Morgan fingerprint density at radius 1 is 1.21 bits per heavy atom. The minimum absolute atomic E-state index is 0.112. The second-order valence-corrected chi connectivity index (χ2v) is 8.35. The highest BCUT2D eigenvalue weighted by atomic mass is 19.4. The minimum atomic E-state index is -4.49. The number of aryl methyl sites for hydroxylation is 1. The van der Waals surface area contributed by atoms with Crippen LogP contribution in [0.4, 0.5) is 13.2 Å². The van der Waals surface area contributed by atoms with Gasteiger partial charge in [0, 0.05) is 11.8 Å². The zero-order valence-electron chi connectivity index (χ0n) is 17.1. The summed E-state index contributed by atoms with van der Waals surface area (Å²) in [6, 6.07) is 7.66. The van der Waals surface area contributed by atoms with Crippen LogP contribution in [0.5, 0.6) is 0 Å². The van der Waals surface area contributed by atoms with Crippen LogP contribution in [0, 0.1) is 12.3 Å². The summed E-state index contributed by atoms with van der Waals surface area (Å²) in [4.78, 5) is 17.2. The first-order valence-electron chi connectivity index (χ1n) is 9.99. The number of carbonyl (C=O) groups excluding carboxylic acids is 1. The highest BCUT2D eigenvalue weighted by Crippen LogP contribution is 2.47. The van der Waals surface area contributed by atoms with E-state index < -0.39 is 17.7 Å². The number of halogens is 3. The zero-order valence-corrected chi connectivity index (χ0v) is 17.1. The van der Waals surface area contributed by atoms with Gasteiger partial charge in [0.25, 0.3) is 5.91 Å². The van der Waals surface area contributed by atoms with Crippen molar-refractivity contribution >= 4 is 11.6 Å². The summed E-state index contributed by atoms with van der Waals surface area (Å²) in [6.45, 7) is 5.46. The third-order valence-electron chi connectivity index (χ3n) is 6.09. The third-order valence-corrected chi connectivity index (χ3v) is 6.09. The minimum Gasteiger partial charge on any atom is -0.343 e. The molecule has 1 unspecified atom stereocenters. The molecule has 1 aliphatic heterocycles. The lowest BCUT2D eigenvalue weighted by molar-refractivity contribution is -0.116. The fourth-order valence-electron chi connectivity index (χ4n) is 4.43. The van der Waals surface area contributed by atoms with Gasteiger partial charge in [-0.3, -0.25) is 9.79 Å². The highest BCUT2D eigenvalue weighted by molar-refractivity contribution is 6.45. The number of hydrogen-bond acceptors (Lipinski definition) is 2. The van der Waals surface area contributed by atoms with Gasteiger partial charge in [0.2, 0.25) is 0 Å². The molecule has 0 bridgehead atoms. The Hall–Kier alpha value is -2.37. The molecule has 156 valence electrons. The Morgan fingerprint density at radius 3 is 2.52 bits per heavy atom. The van der Waals surface area contributed by atoms with Gasteiger partial charge >= 0.3 is 6.18 Å². The van der Waals surface area contributed by atoms with Crippen molar-refractivity contribution in [2.24, 2.45) is 10.4 Å². The van der Waals surface area contributed by atoms with Gasteiger partial charge in [0.15, 0.2) is 0 Å². The highest BCUT2D eigenvalue weighted by Gasteiger charge is 2.41. The predicted molar refractivity (Wildman–Crippen MR) is 109 cm³/mol. The topological polar surface area (TPSA) is 41.5 Å². The maximum Gasteiger partial charge on any atom is 0.413 e. The number of allylic oxidation sites excluding steroid dienone is 2. The zero-order chi connectivity index (χ0) is 21.2. The van der Waals surface area contributed by atoms with Crippen LogP contribution in [0.15, 0.2) is 52.7 Å². The molecule has 1 atom stereocenters. The molecule has 3 nitrogen and oxygen atoms in total. The van der Waals surface area contributed by atoms with Gasteiger partial charge in [-0.15, -0.1) is 0 Å². The molecule has 1 aromatic carbocycles. The van der Waals surface area contributed by atoms with Crippen molar-refractivity contribution in [1.29, 1.82) is 0 Å². The maximum atomic E-state index is 13.4. The van der Waals surface area contributed by atoms with Crippen LogP contribution in [-0.2, 0) is 4.79 Å². The van der Waals surface area contributed by atoms with Crippen molar-refractivity contribution in [1.82, 2.24) is 5.32 Å². The first kappa shape index (κ1) is 21.3. The predicted octanol–water partition coefficient (Wildman–Crippen LogP) is 5.97. The summed E-state index contributed by atoms with van der Waals surface area (Å²) in [6.07, 6.45) is 1.92. The third kappa shape index (κ3) is 4.62. The van der Waals surface area contributed by atoms with E-state index in [4.69, 9.17) is 0 Å². The molecule has 2 aliphatic rings. The van der Waals surface area contributed by atoms with Crippen molar-refractivity contribution in [2.75, 3.05) is 0 Å². The van der Waals surface area contributed by atoms with Crippen molar-refractivity contribution in [3.63, 3.8) is 0 Å². The van der Waals surface area contributed by atoms with Crippen LogP contribution >= 0.6 is 0 Å². The van der Waals surface area contributed by atoms with Gasteiger partial charge in [-0.25, -0.2) is 0 Å².